The minimum absolute atomic E-state index is 0.0412. The lowest BCUT2D eigenvalue weighted by Crippen LogP contribution is -2.46. The second kappa shape index (κ2) is 12.5. The van der Waals surface area contributed by atoms with Gasteiger partial charge < -0.3 is 20.9 Å². The number of hydrogen-bond donors (Lipinski definition) is 2. The Morgan fingerprint density at radius 1 is 1.27 bits per heavy atom. The molecule has 2 aromatic rings. The molecule has 2 aromatic heterocycles. The molecule has 4 heterocycles. The van der Waals surface area contributed by atoms with Crippen LogP contribution in [0.1, 0.15) is 23.5 Å². The van der Waals surface area contributed by atoms with Gasteiger partial charge in [0.15, 0.2) is 9.84 Å². The number of aromatic nitrogens is 1. The Bertz CT molecular complexity index is 1490. The summed E-state index contributed by atoms with van der Waals surface area (Å²) in [6.45, 7) is 1.77. The minimum atomic E-state index is -3.48. The number of carbonyl (C=O) groups is 3. The third-order valence-corrected chi connectivity index (χ3v) is 9.23. The molecule has 3 amide bonds. The first-order valence-electron chi connectivity index (χ1n) is 12.1. The van der Waals surface area contributed by atoms with Crippen LogP contribution in [0, 0.1) is 6.92 Å². The molecule has 212 valence electrons. The van der Waals surface area contributed by atoms with Crippen molar-refractivity contribution in [1.82, 2.24) is 14.8 Å². The molecule has 3 atom stereocenters. The SMILES string of the molecule is Cc1c(N)cncc1NC(=O)CC(c1ccsc1)C1C=C(N(C(=O)CCl)C2C=CS(=O)(=O)C2)C=CN1C(=O)CCl. The van der Waals surface area contributed by atoms with Crippen LogP contribution in [0.2, 0.25) is 0 Å². The number of sulfone groups is 1. The Labute approximate surface area is 246 Å². The summed E-state index contributed by atoms with van der Waals surface area (Å²) in [4.78, 5) is 46.0. The van der Waals surface area contributed by atoms with Gasteiger partial charge in [0.1, 0.15) is 11.8 Å². The van der Waals surface area contributed by atoms with E-state index in [1.54, 1.807) is 13.0 Å². The Morgan fingerprint density at radius 2 is 2.05 bits per heavy atom. The van der Waals surface area contributed by atoms with E-state index in [1.165, 1.54) is 51.9 Å². The fourth-order valence-corrected chi connectivity index (χ4v) is 6.91. The summed E-state index contributed by atoms with van der Waals surface area (Å²) < 4.78 is 24.3. The van der Waals surface area contributed by atoms with Crippen molar-refractivity contribution in [2.45, 2.75) is 31.3 Å². The van der Waals surface area contributed by atoms with Gasteiger partial charge in [0.2, 0.25) is 17.7 Å². The molecule has 4 rings (SSSR count). The number of rotatable bonds is 9. The lowest BCUT2D eigenvalue weighted by atomic mass is 9.87. The van der Waals surface area contributed by atoms with Gasteiger partial charge in [-0.05, 0) is 53.1 Å². The lowest BCUT2D eigenvalue weighted by molar-refractivity contribution is -0.128. The molecule has 0 radical (unpaired) electrons. The number of nitrogens with two attached hydrogens (primary N) is 1. The van der Waals surface area contributed by atoms with E-state index in [1.807, 2.05) is 16.8 Å². The first-order chi connectivity index (χ1) is 19.0. The first-order valence-corrected chi connectivity index (χ1v) is 15.9. The predicted octanol–water partition coefficient (Wildman–Crippen LogP) is 3.37. The quantitative estimate of drug-likeness (QED) is 0.408. The maximum absolute atomic E-state index is 13.3. The standard InChI is InChI=1S/C26H27Cl2N5O5S2/c1-16-21(29)12-30-13-22(16)31-24(34)9-20(17-3-6-39-14-17)23-8-18(2-5-32(23)25(35)10-27)33(26(36)11-28)19-4-7-40(37,38)15-19/h2-8,12-14,19-20,23H,9-11,15,29H2,1H3,(H,31,34). The Morgan fingerprint density at radius 3 is 2.67 bits per heavy atom. The summed E-state index contributed by atoms with van der Waals surface area (Å²) >= 11 is 13.3. The van der Waals surface area contributed by atoms with Crippen molar-refractivity contribution in [3.8, 4) is 0 Å². The topological polar surface area (TPSA) is 143 Å². The van der Waals surface area contributed by atoms with Crippen molar-refractivity contribution in [1.29, 1.82) is 0 Å². The molecule has 3 unspecified atom stereocenters. The maximum Gasteiger partial charge on any atom is 0.242 e. The van der Waals surface area contributed by atoms with Crippen LogP contribution in [0.3, 0.4) is 0 Å². The van der Waals surface area contributed by atoms with Gasteiger partial charge in [-0.3, -0.25) is 19.4 Å². The first kappa shape index (κ1) is 29.8. The molecule has 40 heavy (non-hydrogen) atoms. The van der Waals surface area contributed by atoms with Crippen LogP contribution in [0.5, 0.6) is 0 Å². The van der Waals surface area contributed by atoms with Gasteiger partial charge in [0.25, 0.3) is 0 Å². The normalized spacial score (nSPS) is 20.2. The summed E-state index contributed by atoms with van der Waals surface area (Å²) in [6.07, 6.45) is 9.11. The van der Waals surface area contributed by atoms with Crippen molar-refractivity contribution < 1.29 is 22.8 Å². The summed E-state index contributed by atoms with van der Waals surface area (Å²) in [5.41, 5.74) is 8.67. The molecular formula is C26H27Cl2N5O5S2. The highest BCUT2D eigenvalue weighted by atomic mass is 35.5. The molecule has 0 fully saturated rings. The molecular weight excluding hydrogens is 597 g/mol. The average molecular weight is 625 g/mol. The van der Waals surface area contributed by atoms with Crippen molar-refractivity contribution in [3.63, 3.8) is 0 Å². The number of alkyl halides is 2. The van der Waals surface area contributed by atoms with Crippen LogP contribution in [0.4, 0.5) is 11.4 Å². The van der Waals surface area contributed by atoms with Crippen LogP contribution in [-0.4, -0.2) is 70.5 Å². The zero-order chi connectivity index (χ0) is 29.0. The number of nitrogen functional groups attached to an aromatic ring is 1. The highest BCUT2D eigenvalue weighted by molar-refractivity contribution is 7.94. The van der Waals surface area contributed by atoms with Gasteiger partial charge in [-0.1, -0.05) is 0 Å². The van der Waals surface area contributed by atoms with Crippen LogP contribution < -0.4 is 11.1 Å². The van der Waals surface area contributed by atoms with Crippen LogP contribution >= 0.6 is 34.5 Å². The van der Waals surface area contributed by atoms with Gasteiger partial charge in [0.05, 0.1) is 41.6 Å². The highest BCUT2D eigenvalue weighted by Gasteiger charge is 2.37. The highest BCUT2D eigenvalue weighted by Crippen LogP contribution is 2.35. The van der Waals surface area contributed by atoms with E-state index in [4.69, 9.17) is 28.9 Å². The Balaban J connectivity index is 1.73. The second-order valence-corrected chi connectivity index (χ2v) is 12.5. The largest absolute Gasteiger partial charge is 0.397 e. The molecule has 3 N–H and O–H groups in total. The molecule has 0 aromatic carbocycles. The lowest BCUT2D eigenvalue weighted by Gasteiger charge is -2.38. The van der Waals surface area contributed by atoms with Crippen LogP contribution in [0.25, 0.3) is 0 Å². The number of anilines is 2. The smallest absolute Gasteiger partial charge is 0.242 e. The van der Waals surface area contributed by atoms with Gasteiger partial charge in [-0.25, -0.2) is 8.42 Å². The predicted molar refractivity (Wildman–Crippen MR) is 157 cm³/mol. The summed E-state index contributed by atoms with van der Waals surface area (Å²) in [5.74, 6) is -2.79. The van der Waals surface area contributed by atoms with Crippen LogP contribution in [-0.2, 0) is 24.2 Å². The van der Waals surface area contributed by atoms with Gasteiger partial charge in [0, 0.05) is 29.6 Å². The zero-order valence-corrected chi connectivity index (χ0v) is 24.5. The number of amides is 3. The van der Waals surface area contributed by atoms with E-state index < -0.39 is 39.7 Å². The molecule has 0 saturated heterocycles. The monoisotopic (exact) mass is 623 g/mol. The number of nitrogens with one attached hydrogen (secondary N) is 1. The third kappa shape index (κ3) is 6.57. The number of hydrogen-bond acceptors (Lipinski definition) is 8. The van der Waals surface area contributed by atoms with Gasteiger partial charge in [-0.15, -0.1) is 23.2 Å². The van der Waals surface area contributed by atoms with E-state index in [0.29, 0.717) is 22.6 Å². The second-order valence-electron chi connectivity index (χ2n) is 9.27. The number of carbonyl (C=O) groups excluding carboxylic acids is 3. The van der Waals surface area contributed by atoms with Gasteiger partial charge >= 0.3 is 0 Å². The zero-order valence-electron chi connectivity index (χ0n) is 21.4. The summed E-state index contributed by atoms with van der Waals surface area (Å²) in [5, 5.41) is 7.67. The van der Waals surface area contributed by atoms with Crippen molar-refractivity contribution >= 4 is 73.5 Å². The third-order valence-electron chi connectivity index (χ3n) is 6.69. The summed E-state index contributed by atoms with van der Waals surface area (Å²) in [6, 6.07) is 0.350. The van der Waals surface area contributed by atoms with E-state index in [-0.39, 0.29) is 29.8 Å². The van der Waals surface area contributed by atoms with Gasteiger partial charge in [-0.2, -0.15) is 11.3 Å². The molecule has 14 heteroatoms. The Kier molecular flexibility index (Phi) is 9.34. The number of thiophene rings is 1. The molecule has 0 aliphatic carbocycles. The maximum atomic E-state index is 13.3. The molecule has 2 aliphatic heterocycles. The molecule has 0 saturated carbocycles. The van der Waals surface area contributed by atoms with E-state index in [0.717, 1.165) is 11.0 Å². The van der Waals surface area contributed by atoms with E-state index in [9.17, 15) is 22.8 Å². The molecule has 10 nitrogen and oxygen atoms in total. The van der Waals surface area contributed by atoms with Crippen LogP contribution in [0.15, 0.2) is 64.8 Å². The summed E-state index contributed by atoms with van der Waals surface area (Å²) in [7, 11) is -3.48. The average Bonchev–Trinajstić information content (AvgIpc) is 3.59. The molecule has 0 bridgehead atoms. The Hall–Kier alpha value is -3.19. The van der Waals surface area contributed by atoms with Crippen molar-refractivity contribution in [2.75, 3.05) is 28.6 Å². The van der Waals surface area contributed by atoms with Crippen molar-refractivity contribution in [3.05, 3.63) is 75.9 Å². The number of nitrogens with zero attached hydrogens (tertiary/aromatic N) is 3. The number of allylic oxidation sites excluding steroid dienone is 1. The number of halogens is 2. The fourth-order valence-electron chi connectivity index (χ4n) is 4.65. The fraction of sp³-hybridized carbons (Fsp3) is 0.308. The van der Waals surface area contributed by atoms with Crippen molar-refractivity contribution in [2.24, 2.45) is 0 Å². The number of pyridine rings is 1. The van der Waals surface area contributed by atoms with E-state index in [2.05, 4.69) is 10.3 Å². The molecule has 2 aliphatic rings. The minimum Gasteiger partial charge on any atom is -0.397 e. The van der Waals surface area contributed by atoms with E-state index >= 15 is 0 Å². The molecule has 0 spiro atoms.